The summed E-state index contributed by atoms with van der Waals surface area (Å²) < 4.78 is 39.3. The Morgan fingerprint density at radius 3 is 2.24 bits per heavy atom. The summed E-state index contributed by atoms with van der Waals surface area (Å²) in [6.45, 7) is -0.600. The molecule has 0 unspecified atom stereocenters. The Kier molecular flexibility index (Phi) is 4.68. The predicted octanol–water partition coefficient (Wildman–Crippen LogP) is 5.22. The first-order chi connectivity index (χ1) is 9.75. The molecule has 0 atom stereocenters. The number of rotatable bonds is 2. The third kappa shape index (κ3) is 3.26. The van der Waals surface area contributed by atoms with Crippen molar-refractivity contribution in [1.29, 1.82) is 0 Å². The Bertz CT molecular complexity index is 689. The van der Waals surface area contributed by atoms with Crippen LogP contribution in [0.3, 0.4) is 0 Å². The first kappa shape index (κ1) is 16.4. The van der Waals surface area contributed by atoms with E-state index in [0.717, 1.165) is 6.20 Å². The first-order valence-corrected chi connectivity index (χ1v) is 6.70. The zero-order valence-corrected chi connectivity index (χ0v) is 12.4. The summed E-state index contributed by atoms with van der Waals surface area (Å²) in [5, 5.41) is 9.44. The summed E-state index contributed by atoms with van der Waals surface area (Å²) in [6.07, 6.45) is -3.72. The SMILES string of the molecule is OCc1ccnc(C(F)(F)F)c1-c1cc(Cl)c(Cl)cc1Cl. The quantitative estimate of drug-likeness (QED) is 0.748. The second kappa shape index (κ2) is 6.01. The van der Waals surface area contributed by atoms with Gasteiger partial charge in [-0.3, -0.25) is 4.98 Å². The van der Waals surface area contributed by atoms with Gasteiger partial charge in [0.25, 0.3) is 0 Å². The van der Waals surface area contributed by atoms with Gasteiger partial charge in [0.15, 0.2) is 5.69 Å². The van der Waals surface area contributed by atoms with Gasteiger partial charge < -0.3 is 5.11 Å². The van der Waals surface area contributed by atoms with Crippen LogP contribution in [-0.2, 0) is 12.8 Å². The molecular weight excluding hydrogens is 350 g/mol. The molecule has 0 aliphatic heterocycles. The summed E-state index contributed by atoms with van der Waals surface area (Å²) in [5.41, 5.74) is -1.40. The second-order valence-corrected chi connectivity index (χ2v) is 5.32. The van der Waals surface area contributed by atoms with Crippen molar-refractivity contribution in [3.63, 3.8) is 0 Å². The van der Waals surface area contributed by atoms with Gasteiger partial charge in [-0.25, -0.2) is 0 Å². The molecule has 1 aromatic heterocycles. The fourth-order valence-electron chi connectivity index (χ4n) is 1.86. The zero-order chi connectivity index (χ0) is 15.8. The Hall–Kier alpha value is -1.01. The van der Waals surface area contributed by atoms with E-state index in [1.165, 1.54) is 18.2 Å². The Morgan fingerprint density at radius 1 is 1.05 bits per heavy atom. The Morgan fingerprint density at radius 2 is 1.67 bits per heavy atom. The summed E-state index contributed by atoms with van der Waals surface area (Å²) >= 11 is 17.6. The van der Waals surface area contributed by atoms with E-state index in [1.54, 1.807) is 0 Å². The molecule has 1 aromatic carbocycles. The molecule has 0 bridgehead atoms. The highest BCUT2D eigenvalue weighted by molar-refractivity contribution is 6.44. The fraction of sp³-hybridized carbons (Fsp3) is 0.154. The number of pyridine rings is 1. The van der Waals surface area contributed by atoms with E-state index in [1.807, 2.05) is 0 Å². The van der Waals surface area contributed by atoms with Crippen LogP contribution in [0.25, 0.3) is 11.1 Å². The van der Waals surface area contributed by atoms with Gasteiger partial charge >= 0.3 is 6.18 Å². The van der Waals surface area contributed by atoms with Crippen molar-refractivity contribution < 1.29 is 18.3 Å². The summed E-state index contributed by atoms with van der Waals surface area (Å²) in [5.74, 6) is 0. The van der Waals surface area contributed by atoms with Crippen molar-refractivity contribution in [1.82, 2.24) is 4.98 Å². The zero-order valence-electron chi connectivity index (χ0n) is 10.2. The van der Waals surface area contributed by atoms with Gasteiger partial charge in [0.05, 0.1) is 21.7 Å². The van der Waals surface area contributed by atoms with Crippen LogP contribution in [-0.4, -0.2) is 10.1 Å². The summed E-state index contributed by atoms with van der Waals surface area (Å²) in [6, 6.07) is 3.75. The molecule has 21 heavy (non-hydrogen) atoms. The van der Waals surface area contributed by atoms with Crippen LogP contribution in [0.2, 0.25) is 15.1 Å². The molecule has 0 saturated heterocycles. The standard InChI is InChI=1S/C13H7Cl3F3NO/c14-8-4-10(16)9(15)3-7(8)11-6(5-21)1-2-20-12(11)13(17,18)19/h1-4,21H,5H2. The average molecular weight is 357 g/mol. The third-order valence-electron chi connectivity index (χ3n) is 2.76. The van der Waals surface area contributed by atoms with Gasteiger partial charge in [0.2, 0.25) is 0 Å². The van der Waals surface area contributed by atoms with Crippen molar-refractivity contribution in [2.24, 2.45) is 0 Å². The van der Waals surface area contributed by atoms with E-state index in [9.17, 15) is 18.3 Å². The maximum absolute atomic E-state index is 13.1. The van der Waals surface area contributed by atoms with Crippen LogP contribution in [0.5, 0.6) is 0 Å². The first-order valence-electron chi connectivity index (χ1n) is 5.56. The lowest BCUT2D eigenvalue weighted by Gasteiger charge is -2.16. The second-order valence-electron chi connectivity index (χ2n) is 4.10. The van der Waals surface area contributed by atoms with Crippen molar-refractivity contribution in [3.8, 4) is 11.1 Å². The number of aliphatic hydroxyl groups excluding tert-OH is 1. The minimum atomic E-state index is -4.70. The number of alkyl halides is 3. The van der Waals surface area contributed by atoms with E-state index in [-0.39, 0.29) is 31.8 Å². The molecule has 0 saturated carbocycles. The highest BCUT2D eigenvalue weighted by atomic mass is 35.5. The van der Waals surface area contributed by atoms with E-state index in [0.29, 0.717) is 0 Å². The molecule has 0 fully saturated rings. The molecule has 1 N–H and O–H groups in total. The van der Waals surface area contributed by atoms with Gasteiger partial charge in [0.1, 0.15) is 0 Å². The molecule has 1 heterocycles. The van der Waals surface area contributed by atoms with Gasteiger partial charge in [-0.1, -0.05) is 34.8 Å². The average Bonchev–Trinajstić information content (AvgIpc) is 2.41. The summed E-state index contributed by atoms with van der Waals surface area (Å²) in [7, 11) is 0. The number of hydrogen-bond acceptors (Lipinski definition) is 2. The lowest BCUT2D eigenvalue weighted by atomic mass is 9.98. The van der Waals surface area contributed by atoms with Gasteiger partial charge in [-0.05, 0) is 23.8 Å². The molecule has 0 spiro atoms. The van der Waals surface area contributed by atoms with E-state index >= 15 is 0 Å². The van der Waals surface area contributed by atoms with Gasteiger partial charge in [0, 0.05) is 17.3 Å². The van der Waals surface area contributed by atoms with Crippen LogP contribution in [0.1, 0.15) is 11.3 Å². The molecule has 2 rings (SSSR count). The van der Waals surface area contributed by atoms with Crippen LogP contribution in [0, 0.1) is 0 Å². The van der Waals surface area contributed by atoms with Gasteiger partial charge in [-0.15, -0.1) is 0 Å². The number of aliphatic hydroxyl groups is 1. The largest absolute Gasteiger partial charge is 0.433 e. The third-order valence-corrected chi connectivity index (χ3v) is 3.79. The topological polar surface area (TPSA) is 33.1 Å². The Balaban J connectivity index is 2.82. The lowest BCUT2D eigenvalue weighted by molar-refractivity contribution is -0.140. The molecule has 0 amide bonds. The van der Waals surface area contributed by atoms with Crippen LogP contribution in [0.4, 0.5) is 13.2 Å². The summed E-state index contributed by atoms with van der Waals surface area (Å²) in [4.78, 5) is 3.36. The molecular formula is C13H7Cl3F3NO. The van der Waals surface area contributed by atoms with E-state index in [4.69, 9.17) is 34.8 Å². The fourth-order valence-corrected chi connectivity index (χ4v) is 2.50. The van der Waals surface area contributed by atoms with Crippen molar-refractivity contribution in [2.45, 2.75) is 12.8 Å². The molecule has 2 nitrogen and oxygen atoms in total. The van der Waals surface area contributed by atoms with E-state index < -0.39 is 18.5 Å². The van der Waals surface area contributed by atoms with Gasteiger partial charge in [-0.2, -0.15) is 13.2 Å². The normalized spacial score (nSPS) is 11.8. The van der Waals surface area contributed by atoms with Crippen LogP contribution >= 0.6 is 34.8 Å². The maximum Gasteiger partial charge on any atom is 0.433 e. The number of nitrogens with zero attached hydrogens (tertiary/aromatic N) is 1. The van der Waals surface area contributed by atoms with Crippen LogP contribution < -0.4 is 0 Å². The number of halogens is 6. The van der Waals surface area contributed by atoms with Crippen LogP contribution in [0.15, 0.2) is 24.4 Å². The lowest BCUT2D eigenvalue weighted by Crippen LogP contribution is -2.12. The maximum atomic E-state index is 13.1. The predicted molar refractivity (Wildman–Crippen MR) is 75.6 cm³/mol. The highest BCUT2D eigenvalue weighted by Crippen LogP contribution is 2.42. The smallest absolute Gasteiger partial charge is 0.392 e. The monoisotopic (exact) mass is 355 g/mol. The number of aromatic nitrogens is 1. The van der Waals surface area contributed by atoms with Crippen molar-refractivity contribution >= 4 is 34.8 Å². The number of benzene rings is 1. The molecule has 112 valence electrons. The Labute approximate surface area is 133 Å². The minimum Gasteiger partial charge on any atom is -0.392 e. The number of hydrogen-bond donors (Lipinski definition) is 1. The van der Waals surface area contributed by atoms with E-state index in [2.05, 4.69) is 4.98 Å². The minimum absolute atomic E-state index is 0.00976. The molecule has 0 radical (unpaired) electrons. The van der Waals surface area contributed by atoms with Crippen molar-refractivity contribution in [3.05, 3.63) is 50.7 Å². The van der Waals surface area contributed by atoms with Crippen molar-refractivity contribution in [2.75, 3.05) is 0 Å². The highest BCUT2D eigenvalue weighted by Gasteiger charge is 2.37. The molecule has 2 aromatic rings. The molecule has 0 aliphatic rings. The molecule has 0 aliphatic carbocycles. The molecule has 8 heteroatoms.